The van der Waals surface area contributed by atoms with Crippen molar-refractivity contribution in [2.24, 2.45) is 17.5 Å². The molecule has 29 heavy (non-hydrogen) atoms. The molecule has 1 saturated carbocycles. The normalized spacial score (nSPS) is 26.4. The van der Waals surface area contributed by atoms with Crippen LogP contribution in [-0.4, -0.2) is 58.7 Å². The number of aromatic nitrogens is 3. The number of hydrogen-bond donors (Lipinski definition) is 2. The van der Waals surface area contributed by atoms with Gasteiger partial charge in [0.25, 0.3) is 0 Å². The minimum atomic E-state index is 0.156. The molecule has 0 spiro atoms. The van der Waals surface area contributed by atoms with E-state index in [2.05, 4.69) is 41.6 Å². The number of aliphatic imine (C=N–C) groups is 1. The second-order valence-corrected chi connectivity index (χ2v) is 8.22. The summed E-state index contributed by atoms with van der Waals surface area (Å²) < 4.78 is 13.8. The van der Waals surface area contributed by atoms with Crippen LogP contribution in [0, 0.1) is 12.3 Å². The summed E-state index contributed by atoms with van der Waals surface area (Å²) in [6.07, 6.45) is 6.02. The average Bonchev–Trinajstić information content (AvgIpc) is 3.34. The van der Waals surface area contributed by atoms with E-state index in [1.54, 1.807) is 0 Å². The molecule has 1 aromatic rings. The summed E-state index contributed by atoms with van der Waals surface area (Å²) in [4.78, 5) is 4.83. The zero-order chi connectivity index (χ0) is 20.9. The first kappa shape index (κ1) is 22.0. The Bertz CT molecular complexity index is 679. The van der Waals surface area contributed by atoms with Crippen LogP contribution in [0.5, 0.6) is 0 Å². The number of ether oxygens (including phenoxy) is 2. The van der Waals surface area contributed by atoms with Crippen molar-refractivity contribution in [1.82, 2.24) is 25.4 Å². The topological polar surface area (TPSA) is 85.6 Å². The standard InChI is InChI=1S/C21H38N6O2/c1-6-21(7-2)17(12-18(21)28-8-3)24-20(22-13-16-10-9-11-29-16)23-14-19-26-25-15(4)27(19)5/h16-18H,6-14H2,1-5H3,(H2,22,23,24). The predicted octanol–water partition coefficient (Wildman–Crippen LogP) is 2.32. The third-order valence-corrected chi connectivity index (χ3v) is 6.86. The van der Waals surface area contributed by atoms with Gasteiger partial charge in [-0.1, -0.05) is 13.8 Å². The van der Waals surface area contributed by atoms with Gasteiger partial charge in [0, 0.05) is 38.3 Å². The number of hydrogen-bond acceptors (Lipinski definition) is 5. The van der Waals surface area contributed by atoms with E-state index < -0.39 is 0 Å². The van der Waals surface area contributed by atoms with Crippen molar-refractivity contribution in [3.8, 4) is 0 Å². The molecule has 0 bridgehead atoms. The van der Waals surface area contributed by atoms with Gasteiger partial charge in [0.15, 0.2) is 11.8 Å². The highest BCUT2D eigenvalue weighted by Crippen LogP contribution is 2.48. The summed E-state index contributed by atoms with van der Waals surface area (Å²) in [5.41, 5.74) is 0.156. The molecule has 1 aliphatic heterocycles. The molecule has 164 valence electrons. The molecule has 0 amide bonds. The fraction of sp³-hybridized carbons (Fsp3) is 0.857. The molecule has 3 rings (SSSR count). The molecular weight excluding hydrogens is 368 g/mol. The van der Waals surface area contributed by atoms with Crippen molar-refractivity contribution in [3.05, 3.63) is 11.6 Å². The smallest absolute Gasteiger partial charge is 0.192 e. The fourth-order valence-corrected chi connectivity index (χ4v) is 4.66. The molecular formula is C21H38N6O2. The second-order valence-electron chi connectivity index (χ2n) is 8.22. The third-order valence-electron chi connectivity index (χ3n) is 6.86. The molecule has 8 heteroatoms. The lowest BCUT2D eigenvalue weighted by molar-refractivity contribution is -0.133. The Hall–Kier alpha value is -1.67. The Kier molecular flexibility index (Phi) is 7.51. The van der Waals surface area contributed by atoms with Gasteiger partial charge in [0.1, 0.15) is 12.4 Å². The first-order chi connectivity index (χ1) is 14.0. The molecule has 8 nitrogen and oxygen atoms in total. The summed E-state index contributed by atoms with van der Waals surface area (Å²) in [5, 5.41) is 15.6. The lowest BCUT2D eigenvalue weighted by Crippen LogP contribution is -2.65. The van der Waals surface area contributed by atoms with Gasteiger partial charge in [-0.15, -0.1) is 10.2 Å². The minimum absolute atomic E-state index is 0.156. The molecule has 3 atom stereocenters. The highest BCUT2D eigenvalue weighted by molar-refractivity contribution is 5.80. The van der Waals surface area contributed by atoms with Crippen molar-refractivity contribution in [3.63, 3.8) is 0 Å². The van der Waals surface area contributed by atoms with Gasteiger partial charge in [-0.3, -0.25) is 0 Å². The number of nitrogens with zero attached hydrogens (tertiary/aromatic N) is 4. The van der Waals surface area contributed by atoms with Gasteiger partial charge < -0.3 is 24.7 Å². The fourth-order valence-electron chi connectivity index (χ4n) is 4.66. The van der Waals surface area contributed by atoms with Gasteiger partial charge in [-0.2, -0.15) is 0 Å². The highest BCUT2D eigenvalue weighted by atomic mass is 16.5. The van der Waals surface area contributed by atoms with Gasteiger partial charge in [0.2, 0.25) is 0 Å². The molecule has 1 aliphatic carbocycles. The molecule has 2 heterocycles. The molecule has 2 aliphatic rings. The Balaban J connectivity index is 1.70. The van der Waals surface area contributed by atoms with Crippen LogP contribution in [0.15, 0.2) is 4.99 Å². The van der Waals surface area contributed by atoms with E-state index >= 15 is 0 Å². The number of aryl methyl sites for hydroxylation is 1. The summed E-state index contributed by atoms with van der Waals surface area (Å²) in [6.45, 7) is 11.5. The monoisotopic (exact) mass is 406 g/mol. The number of rotatable bonds is 9. The maximum atomic E-state index is 6.03. The van der Waals surface area contributed by atoms with Crippen molar-refractivity contribution in [1.29, 1.82) is 0 Å². The Labute approximate surface area is 174 Å². The van der Waals surface area contributed by atoms with Crippen molar-refractivity contribution < 1.29 is 9.47 Å². The summed E-state index contributed by atoms with van der Waals surface area (Å²) in [5.74, 6) is 2.58. The van der Waals surface area contributed by atoms with E-state index in [0.717, 1.165) is 69.5 Å². The van der Waals surface area contributed by atoms with Gasteiger partial charge in [-0.25, -0.2) is 4.99 Å². The molecule has 1 aromatic heterocycles. The van der Waals surface area contributed by atoms with Crippen LogP contribution in [0.3, 0.4) is 0 Å². The third kappa shape index (κ3) is 4.74. The van der Waals surface area contributed by atoms with Crippen LogP contribution >= 0.6 is 0 Å². The Morgan fingerprint density at radius 3 is 2.69 bits per heavy atom. The maximum Gasteiger partial charge on any atom is 0.192 e. The van der Waals surface area contributed by atoms with E-state index in [-0.39, 0.29) is 11.5 Å². The summed E-state index contributed by atoms with van der Waals surface area (Å²) >= 11 is 0. The largest absolute Gasteiger partial charge is 0.378 e. The lowest BCUT2D eigenvalue weighted by atomic mass is 9.58. The molecule has 2 N–H and O–H groups in total. The van der Waals surface area contributed by atoms with E-state index in [1.807, 2.05) is 18.5 Å². The second kappa shape index (κ2) is 9.89. The lowest BCUT2D eigenvalue weighted by Gasteiger charge is -2.55. The number of nitrogens with one attached hydrogen (secondary N) is 2. The zero-order valence-corrected chi connectivity index (χ0v) is 18.7. The minimum Gasteiger partial charge on any atom is -0.378 e. The van der Waals surface area contributed by atoms with Gasteiger partial charge in [-0.05, 0) is 46.0 Å². The Morgan fingerprint density at radius 1 is 1.31 bits per heavy atom. The van der Waals surface area contributed by atoms with Crippen LogP contribution in [0.2, 0.25) is 0 Å². The van der Waals surface area contributed by atoms with Crippen molar-refractivity contribution in [2.75, 3.05) is 19.8 Å². The first-order valence-corrected chi connectivity index (χ1v) is 11.2. The summed E-state index contributed by atoms with van der Waals surface area (Å²) in [7, 11) is 1.98. The zero-order valence-electron chi connectivity index (χ0n) is 18.7. The molecule has 2 fully saturated rings. The number of guanidine groups is 1. The summed E-state index contributed by atoms with van der Waals surface area (Å²) in [6, 6.07) is 0.353. The van der Waals surface area contributed by atoms with Crippen LogP contribution < -0.4 is 10.6 Å². The van der Waals surface area contributed by atoms with Crippen LogP contribution in [-0.2, 0) is 23.1 Å². The van der Waals surface area contributed by atoms with Crippen LogP contribution in [0.4, 0.5) is 0 Å². The van der Waals surface area contributed by atoms with Crippen LogP contribution in [0.25, 0.3) is 0 Å². The molecule has 3 unspecified atom stereocenters. The van der Waals surface area contributed by atoms with Crippen molar-refractivity contribution in [2.45, 2.75) is 84.6 Å². The Morgan fingerprint density at radius 2 is 2.10 bits per heavy atom. The van der Waals surface area contributed by atoms with E-state index in [4.69, 9.17) is 14.5 Å². The van der Waals surface area contributed by atoms with Crippen molar-refractivity contribution >= 4 is 5.96 Å². The highest BCUT2D eigenvalue weighted by Gasteiger charge is 2.53. The average molecular weight is 407 g/mol. The quantitative estimate of drug-likeness (QED) is 0.484. The SMILES string of the molecule is CCOC1CC(NC(=NCc2nnc(C)n2C)NCC2CCCO2)C1(CC)CC. The molecule has 0 aromatic carbocycles. The molecule has 0 radical (unpaired) electrons. The van der Waals surface area contributed by atoms with Crippen LogP contribution in [0.1, 0.15) is 64.5 Å². The maximum absolute atomic E-state index is 6.03. The van der Waals surface area contributed by atoms with E-state index in [1.165, 1.54) is 0 Å². The predicted molar refractivity (Wildman–Crippen MR) is 114 cm³/mol. The van der Waals surface area contributed by atoms with E-state index in [0.29, 0.717) is 18.7 Å². The van der Waals surface area contributed by atoms with E-state index in [9.17, 15) is 0 Å². The first-order valence-electron chi connectivity index (χ1n) is 11.2. The molecule has 1 saturated heterocycles. The van der Waals surface area contributed by atoms with Gasteiger partial charge >= 0.3 is 0 Å². The van der Waals surface area contributed by atoms with Gasteiger partial charge in [0.05, 0.1) is 12.2 Å².